The van der Waals surface area contributed by atoms with E-state index in [0.717, 1.165) is 26.6 Å². The Morgan fingerprint density at radius 3 is 1.97 bits per heavy atom. The highest BCUT2D eigenvalue weighted by molar-refractivity contribution is 7.89. The molecule has 1 amide bonds. The number of aryl methyl sites for hydroxylation is 6. The summed E-state index contributed by atoms with van der Waals surface area (Å²) < 4.78 is 27.2. The normalized spacial score (nSPS) is 12.9. The van der Waals surface area contributed by atoms with Gasteiger partial charge in [-0.2, -0.15) is 4.31 Å². The minimum absolute atomic E-state index is 0.208. The van der Waals surface area contributed by atoms with Gasteiger partial charge in [0.2, 0.25) is 15.9 Å². The number of amides is 1. The largest absolute Gasteiger partial charge is 0.348 e. The SMILES string of the molecule is Cc1cc(C)c(S(=O)(=O)N(C)CC(=O)N[C@@H](C)c2cc(C)c(C)cc2C)c(C)c1. The smallest absolute Gasteiger partial charge is 0.243 e. The van der Waals surface area contributed by atoms with Gasteiger partial charge in [0, 0.05) is 7.05 Å². The number of hydrogen-bond donors (Lipinski definition) is 1. The van der Waals surface area contributed by atoms with Crippen LogP contribution in [0.1, 0.15) is 51.9 Å². The van der Waals surface area contributed by atoms with Crippen LogP contribution in [-0.2, 0) is 14.8 Å². The van der Waals surface area contributed by atoms with Gasteiger partial charge in [-0.05, 0) is 81.8 Å². The molecule has 2 aromatic rings. The second-order valence-electron chi connectivity index (χ2n) is 8.07. The fourth-order valence-corrected chi connectivity index (χ4v) is 5.36. The zero-order valence-corrected chi connectivity index (χ0v) is 19.5. The zero-order chi connectivity index (χ0) is 22.1. The molecule has 0 aromatic heterocycles. The molecule has 0 bridgehead atoms. The minimum atomic E-state index is -3.76. The number of sulfonamides is 1. The Morgan fingerprint density at radius 2 is 1.41 bits per heavy atom. The number of rotatable bonds is 6. The van der Waals surface area contributed by atoms with Crippen molar-refractivity contribution in [3.05, 3.63) is 63.2 Å². The van der Waals surface area contributed by atoms with Crippen molar-refractivity contribution in [1.82, 2.24) is 9.62 Å². The van der Waals surface area contributed by atoms with Gasteiger partial charge < -0.3 is 5.32 Å². The standard InChI is InChI=1S/C23H32N2O3S/c1-14-9-18(5)23(19(6)10-14)29(27,28)25(8)13-22(26)24-20(7)21-12-16(3)15(2)11-17(21)4/h9-12,20H,13H2,1-8H3,(H,24,26)/t20-/m0/s1. The third kappa shape index (κ3) is 5.06. The van der Waals surface area contributed by atoms with Crippen LogP contribution < -0.4 is 5.32 Å². The summed E-state index contributed by atoms with van der Waals surface area (Å²) in [6.07, 6.45) is 0. The van der Waals surface area contributed by atoms with Gasteiger partial charge in [0.15, 0.2) is 0 Å². The molecule has 0 aliphatic carbocycles. The molecule has 6 heteroatoms. The lowest BCUT2D eigenvalue weighted by molar-refractivity contribution is -0.121. The van der Waals surface area contributed by atoms with E-state index in [2.05, 4.69) is 24.4 Å². The lowest BCUT2D eigenvalue weighted by atomic mass is 9.96. The van der Waals surface area contributed by atoms with Gasteiger partial charge in [-0.3, -0.25) is 4.79 Å². The lowest BCUT2D eigenvalue weighted by Crippen LogP contribution is -2.39. The molecule has 0 saturated heterocycles. The Balaban J connectivity index is 2.17. The third-order valence-electron chi connectivity index (χ3n) is 5.37. The quantitative estimate of drug-likeness (QED) is 0.773. The number of nitrogens with zero attached hydrogens (tertiary/aromatic N) is 1. The van der Waals surface area contributed by atoms with Crippen LogP contribution in [0.5, 0.6) is 0 Å². The molecule has 0 fully saturated rings. The Kier molecular flexibility index (Phi) is 6.91. The molecule has 2 rings (SSSR count). The monoisotopic (exact) mass is 416 g/mol. The van der Waals surface area contributed by atoms with Crippen LogP contribution in [0.4, 0.5) is 0 Å². The van der Waals surface area contributed by atoms with Crippen LogP contribution in [0.15, 0.2) is 29.2 Å². The number of hydrogen-bond acceptors (Lipinski definition) is 3. The fourth-order valence-electron chi connectivity index (χ4n) is 3.83. The van der Waals surface area contributed by atoms with Gasteiger partial charge in [0.25, 0.3) is 0 Å². The van der Waals surface area contributed by atoms with Crippen molar-refractivity contribution in [1.29, 1.82) is 0 Å². The first-order valence-electron chi connectivity index (χ1n) is 9.76. The zero-order valence-electron chi connectivity index (χ0n) is 18.7. The summed E-state index contributed by atoms with van der Waals surface area (Å²) >= 11 is 0. The van der Waals surface area contributed by atoms with Crippen molar-refractivity contribution in [2.24, 2.45) is 0 Å². The first kappa shape index (κ1) is 23.1. The predicted molar refractivity (Wildman–Crippen MR) is 118 cm³/mol. The van der Waals surface area contributed by atoms with E-state index in [-0.39, 0.29) is 23.4 Å². The topological polar surface area (TPSA) is 66.5 Å². The molecule has 0 aliphatic rings. The Labute approximate surface area is 175 Å². The molecule has 1 atom stereocenters. The third-order valence-corrected chi connectivity index (χ3v) is 7.48. The molecule has 0 spiro atoms. The number of carbonyl (C=O) groups excluding carboxylic acids is 1. The predicted octanol–water partition coefficient (Wildman–Crippen LogP) is 4.04. The second-order valence-corrected chi connectivity index (χ2v) is 10.1. The van der Waals surface area contributed by atoms with Crippen LogP contribution in [0.25, 0.3) is 0 Å². The summed E-state index contributed by atoms with van der Waals surface area (Å²) in [5.41, 5.74) is 6.90. The molecule has 1 N–H and O–H groups in total. The van der Waals surface area contributed by atoms with E-state index in [9.17, 15) is 13.2 Å². The van der Waals surface area contributed by atoms with Gasteiger partial charge in [-0.25, -0.2) is 8.42 Å². The van der Waals surface area contributed by atoms with Crippen molar-refractivity contribution >= 4 is 15.9 Å². The molecule has 158 valence electrons. The molecule has 29 heavy (non-hydrogen) atoms. The lowest BCUT2D eigenvalue weighted by Gasteiger charge is -2.22. The van der Waals surface area contributed by atoms with E-state index < -0.39 is 10.0 Å². The maximum atomic E-state index is 13.1. The van der Waals surface area contributed by atoms with Crippen LogP contribution >= 0.6 is 0 Å². The van der Waals surface area contributed by atoms with E-state index in [0.29, 0.717) is 11.1 Å². The fraction of sp³-hybridized carbons (Fsp3) is 0.435. The van der Waals surface area contributed by atoms with E-state index >= 15 is 0 Å². The molecule has 0 radical (unpaired) electrons. The molecule has 0 heterocycles. The average molecular weight is 417 g/mol. The van der Waals surface area contributed by atoms with Crippen LogP contribution in [0.3, 0.4) is 0 Å². The van der Waals surface area contributed by atoms with Crippen molar-refractivity contribution in [2.45, 2.75) is 59.4 Å². The van der Waals surface area contributed by atoms with Crippen molar-refractivity contribution < 1.29 is 13.2 Å². The number of benzene rings is 2. The van der Waals surface area contributed by atoms with E-state index in [1.165, 1.54) is 12.6 Å². The number of nitrogens with one attached hydrogen (secondary N) is 1. The summed E-state index contributed by atoms with van der Waals surface area (Å²) in [6.45, 7) is 13.3. The molecular formula is C23H32N2O3S. The number of likely N-dealkylation sites (N-methyl/N-ethyl adjacent to an activating group) is 1. The highest BCUT2D eigenvalue weighted by Crippen LogP contribution is 2.25. The van der Waals surface area contributed by atoms with Crippen LogP contribution in [-0.4, -0.2) is 32.2 Å². The van der Waals surface area contributed by atoms with Crippen LogP contribution in [0.2, 0.25) is 0 Å². The van der Waals surface area contributed by atoms with Gasteiger partial charge in [-0.1, -0.05) is 29.8 Å². The summed E-state index contributed by atoms with van der Waals surface area (Å²) in [4.78, 5) is 12.9. The van der Waals surface area contributed by atoms with E-state index in [4.69, 9.17) is 0 Å². The van der Waals surface area contributed by atoms with Gasteiger partial charge >= 0.3 is 0 Å². The molecule has 2 aromatic carbocycles. The van der Waals surface area contributed by atoms with Crippen molar-refractivity contribution in [2.75, 3.05) is 13.6 Å². The Bertz CT molecular complexity index is 1020. The summed E-state index contributed by atoms with van der Waals surface area (Å²) in [5.74, 6) is -0.330. The maximum Gasteiger partial charge on any atom is 0.243 e. The summed E-state index contributed by atoms with van der Waals surface area (Å²) in [6, 6.07) is 7.67. The molecule has 0 saturated carbocycles. The van der Waals surface area contributed by atoms with Gasteiger partial charge in [-0.15, -0.1) is 0 Å². The van der Waals surface area contributed by atoms with Crippen molar-refractivity contribution in [3.8, 4) is 0 Å². The molecule has 5 nitrogen and oxygen atoms in total. The minimum Gasteiger partial charge on any atom is -0.348 e. The first-order chi connectivity index (χ1) is 13.3. The van der Waals surface area contributed by atoms with Gasteiger partial charge in [0.1, 0.15) is 0 Å². The van der Waals surface area contributed by atoms with Gasteiger partial charge in [0.05, 0.1) is 17.5 Å². The van der Waals surface area contributed by atoms with E-state index in [1.807, 2.05) is 39.8 Å². The average Bonchev–Trinajstić information content (AvgIpc) is 2.56. The first-order valence-corrected chi connectivity index (χ1v) is 11.2. The molecule has 0 unspecified atom stereocenters. The summed E-state index contributed by atoms with van der Waals surface area (Å²) in [7, 11) is -2.32. The highest BCUT2D eigenvalue weighted by Gasteiger charge is 2.27. The van der Waals surface area contributed by atoms with Crippen LogP contribution in [0, 0.1) is 41.5 Å². The maximum absolute atomic E-state index is 13.1. The Hall–Kier alpha value is -2.18. The molecule has 0 aliphatic heterocycles. The molecular weight excluding hydrogens is 384 g/mol. The highest BCUT2D eigenvalue weighted by atomic mass is 32.2. The second kappa shape index (κ2) is 8.67. The van der Waals surface area contributed by atoms with Crippen molar-refractivity contribution in [3.63, 3.8) is 0 Å². The van der Waals surface area contributed by atoms with E-state index in [1.54, 1.807) is 13.8 Å². The number of carbonyl (C=O) groups is 1. The summed E-state index contributed by atoms with van der Waals surface area (Å²) in [5, 5.41) is 2.93. The Morgan fingerprint density at radius 1 is 0.897 bits per heavy atom.